The predicted molar refractivity (Wildman–Crippen MR) is 108 cm³/mol. The summed E-state index contributed by atoms with van der Waals surface area (Å²) in [6, 6.07) is 4.61. The van der Waals surface area contributed by atoms with Gasteiger partial charge in [0.15, 0.2) is 11.5 Å². The molecule has 29 heavy (non-hydrogen) atoms. The maximum Gasteiger partial charge on any atom is 0.224 e. The quantitative estimate of drug-likeness (QED) is 0.737. The second-order valence-electron chi connectivity index (χ2n) is 7.74. The summed E-state index contributed by atoms with van der Waals surface area (Å²) in [5.41, 5.74) is 2.62. The lowest BCUT2D eigenvalue weighted by atomic mass is 9.95. The molecule has 0 spiro atoms. The fourth-order valence-corrected chi connectivity index (χ4v) is 4.41. The Morgan fingerprint density at radius 1 is 1.17 bits per heavy atom. The highest BCUT2D eigenvalue weighted by Gasteiger charge is 2.30. The summed E-state index contributed by atoms with van der Waals surface area (Å²) in [6.45, 7) is 4.13. The van der Waals surface area contributed by atoms with Gasteiger partial charge in [-0.15, -0.1) is 0 Å². The minimum atomic E-state index is 0.203. The summed E-state index contributed by atoms with van der Waals surface area (Å²) in [7, 11) is 3.35. The van der Waals surface area contributed by atoms with Crippen molar-refractivity contribution in [3.05, 3.63) is 35.9 Å². The van der Waals surface area contributed by atoms with Crippen LogP contribution in [0.2, 0.25) is 0 Å². The summed E-state index contributed by atoms with van der Waals surface area (Å²) in [6.07, 6.45) is 6.80. The maximum absolute atomic E-state index is 12.7. The number of nitrogens with zero attached hydrogens (tertiary/aromatic N) is 5. The van der Waals surface area contributed by atoms with Crippen molar-refractivity contribution in [2.24, 2.45) is 0 Å². The van der Waals surface area contributed by atoms with E-state index in [-0.39, 0.29) is 5.91 Å². The molecule has 3 heterocycles. The zero-order valence-corrected chi connectivity index (χ0v) is 17.2. The molecule has 0 bridgehead atoms. The number of hydrogen-bond acceptors (Lipinski definition) is 6. The van der Waals surface area contributed by atoms with Crippen molar-refractivity contribution < 1.29 is 14.3 Å². The first-order chi connectivity index (χ1) is 14.2. The molecule has 1 unspecified atom stereocenters. The molecule has 1 amide bonds. The van der Waals surface area contributed by atoms with Gasteiger partial charge in [0.25, 0.3) is 0 Å². The van der Waals surface area contributed by atoms with Crippen LogP contribution in [0.25, 0.3) is 0 Å². The third-order valence-electron chi connectivity index (χ3n) is 6.03. The molecule has 1 atom stereocenters. The van der Waals surface area contributed by atoms with Crippen molar-refractivity contribution in [2.45, 2.75) is 44.8 Å². The fraction of sp³-hybridized carbons (Fsp3) is 0.571. The van der Waals surface area contributed by atoms with Crippen molar-refractivity contribution in [1.82, 2.24) is 24.6 Å². The molecule has 8 nitrogen and oxygen atoms in total. The Morgan fingerprint density at radius 3 is 2.69 bits per heavy atom. The van der Waals surface area contributed by atoms with E-state index in [1.165, 1.54) is 17.5 Å². The normalized spacial score (nSPS) is 19.7. The molecule has 0 N–H and O–H groups in total. The molecule has 2 aromatic rings. The van der Waals surface area contributed by atoms with Crippen LogP contribution in [-0.2, 0) is 24.3 Å². The molecule has 2 aliphatic rings. The van der Waals surface area contributed by atoms with E-state index >= 15 is 0 Å². The molecule has 1 aromatic carbocycles. The Morgan fingerprint density at radius 2 is 1.97 bits per heavy atom. The number of piperidine rings is 1. The number of likely N-dealkylation sites (tertiary alicyclic amines) is 1. The minimum Gasteiger partial charge on any atom is -0.493 e. The lowest BCUT2D eigenvalue weighted by Gasteiger charge is -2.41. The summed E-state index contributed by atoms with van der Waals surface area (Å²) in [5.74, 6) is 1.78. The Bertz CT molecular complexity index is 839. The number of hydrogen-bond donors (Lipinski definition) is 0. The van der Waals surface area contributed by atoms with Gasteiger partial charge in [-0.25, -0.2) is 4.98 Å². The van der Waals surface area contributed by atoms with Crippen molar-refractivity contribution in [2.75, 3.05) is 33.9 Å². The standard InChI is InChI=1S/C21H29N5O3/c1-28-19-10-16-5-8-24(12-17(16)11-20(19)29-2)18-4-3-7-25(13-18)21(27)6-9-26-15-22-14-23-26/h10-11,14-15,18H,3-9,12-13H2,1-2H3. The summed E-state index contributed by atoms with van der Waals surface area (Å²) < 4.78 is 12.6. The van der Waals surface area contributed by atoms with Crippen LogP contribution >= 0.6 is 0 Å². The van der Waals surface area contributed by atoms with Gasteiger partial charge in [0.2, 0.25) is 5.91 Å². The SMILES string of the molecule is COc1cc2c(cc1OC)CN(C1CCCN(C(=O)CCn3cncn3)C1)CC2. The van der Waals surface area contributed by atoms with Gasteiger partial charge in [-0.1, -0.05) is 0 Å². The van der Waals surface area contributed by atoms with E-state index in [0.717, 1.165) is 56.9 Å². The van der Waals surface area contributed by atoms with Gasteiger partial charge in [-0.05, 0) is 42.5 Å². The zero-order valence-electron chi connectivity index (χ0n) is 17.2. The number of aryl methyl sites for hydroxylation is 1. The summed E-state index contributed by atoms with van der Waals surface area (Å²) in [5, 5.41) is 4.08. The molecule has 1 fully saturated rings. The Labute approximate surface area is 171 Å². The van der Waals surface area contributed by atoms with Gasteiger partial charge in [0.05, 0.1) is 20.8 Å². The molecule has 0 saturated carbocycles. The van der Waals surface area contributed by atoms with E-state index in [2.05, 4.69) is 27.1 Å². The van der Waals surface area contributed by atoms with Gasteiger partial charge in [-0.2, -0.15) is 5.10 Å². The zero-order chi connectivity index (χ0) is 20.2. The van der Waals surface area contributed by atoms with E-state index in [0.29, 0.717) is 19.0 Å². The monoisotopic (exact) mass is 399 g/mol. The topological polar surface area (TPSA) is 72.7 Å². The second-order valence-corrected chi connectivity index (χ2v) is 7.74. The van der Waals surface area contributed by atoms with Crippen LogP contribution in [0.4, 0.5) is 0 Å². The third kappa shape index (κ3) is 4.37. The average Bonchev–Trinajstić information content (AvgIpc) is 3.29. The predicted octanol–water partition coefficient (Wildman–Crippen LogP) is 1.73. The lowest BCUT2D eigenvalue weighted by Crippen LogP contribution is -2.51. The number of methoxy groups -OCH3 is 2. The van der Waals surface area contributed by atoms with Gasteiger partial charge < -0.3 is 14.4 Å². The van der Waals surface area contributed by atoms with Crippen LogP contribution in [0, 0.1) is 0 Å². The number of amides is 1. The largest absolute Gasteiger partial charge is 0.493 e. The number of benzene rings is 1. The molecule has 2 aliphatic heterocycles. The van der Waals surface area contributed by atoms with Crippen LogP contribution in [0.5, 0.6) is 11.5 Å². The van der Waals surface area contributed by atoms with Crippen LogP contribution in [0.1, 0.15) is 30.4 Å². The smallest absolute Gasteiger partial charge is 0.224 e. The molecule has 0 aliphatic carbocycles. The second kappa shape index (κ2) is 8.82. The molecule has 0 radical (unpaired) electrons. The number of carbonyl (C=O) groups excluding carboxylic acids is 1. The first kappa shape index (κ1) is 19.7. The van der Waals surface area contributed by atoms with Gasteiger partial charge in [0.1, 0.15) is 12.7 Å². The number of aromatic nitrogens is 3. The van der Waals surface area contributed by atoms with Gasteiger partial charge >= 0.3 is 0 Å². The van der Waals surface area contributed by atoms with Crippen LogP contribution in [0.3, 0.4) is 0 Å². The number of carbonyl (C=O) groups is 1. The number of fused-ring (bicyclic) bond motifs is 1. The van der Waals surface area contributed by atoms with E-state index in [1.54, 1.807) is 25.2 Å². The summed E-state index contributed by atoms with van der Waals surface area (Å²) >= 11 is 0. The van der Waals surface area contributed by atoms with Crippen molar-refractivity contribution >= 4 is 5.91 Å². The highest BCUT2D eigenvalue weighted by Crippen LogP contribution is 2.34. The lowest BCUT2D eigenvalue weighted by molar-refractivity contribution is -0.133. The third-order valence-corrected chi connectivity index (χ3v) is 6.03. The molecular formula is C21H29N5O3. The average molecular weight is 399 g/mol. The Hall–Kier alpha value is -2.61. The van der Waals surface area contributed by atoms with Crippen molar-refractivity contribution in [1.29, 1.82) is 0 Å². The Kier molecular flexibility index (Phi) is 5.99. The molecular weight excluding hydrogens is 370 g/mol. The van der Waals surface area contributed by atoms with Crippen LogP contribution < -0.4 is 9.47 Å². The first-order valence-electron chi connectivity index (χ1n) is 10.3. The summed E-state index contributed by atoms with van der Waals surface area (Å²) in [4.78, 5) is 21.2. The first-order valence-corrected chi connectivity index (χ1v) is 10.3. The van der Waals surface area contributed by atoms with E-state index in [4.69, 9.17) is 9.47 Å². The molecule has 8 heteroatoms. The van der Waals surface area contributed by atoms with Crippen molar-refractivity contribution in [3.8, 4) is 11.5 Å². The fourth-order valence-electron chi connectivity index (χ4n) is 4.41. The molecule has 4 rings (SSSR count). The number of rotatable bonds is 6. The van der Waals surface area contributed by atoms with Crippen LogP contribution in [-0.4, -0.2) is 70.4 Å². The van der Waals surface area contributed by atoms with Crippen molar-refractivity contribution in [3.63, 3.8) is 0 Å². The minimum absolute atomic E-state index is 0.203. The highest BCUT2D eigenvalue weighted by molar-refractivity contribution is 5.76. The molecule has 1 aromatic heterocycles. The van der Waals surface area contributed by atoms with E-state index in [9.17, 15) is 4.79 Å². The van der Waals surface area contributed by atoms with Gasteiger partial charge in [-0.3, -0.25) is 14.4 Å². The highest BCUT2D eigenvalue weighted by atomic mass is 16.5. The number of ether oxygens (including phenoxy) is 2. The Balaban J connectivity index is 1.38. The molecule has 156 valence electrons. The van der Waals surface area contributed by atoms with E-state index < -0.39 is 0 Å². The van der Waals surface area contributed by atoms with Gasteiger partial charge in [0, 0.05) is 38.6 Å². The van der Waals surface area contributed by atoms with Crippen LogP contribution in [0.15, 0.2) is 24.8 Å². The molecule has 1 saturated heterocycles. The maximum atomic E-state index is 12.7. The van der Waals surface area contributed by atoms with E-state index in [1.807, 2.05) is 4.90 Å².